The number of aromatic nitrogens is 2. The summed E-state index contributed by atoms with van der Waals surface area (Å²) in [4.78, 5) is 0. The third-order valence-electron chi connectivity index (χ3n) is 2.93. The van der Waals surface area contributed by atoms with E-state index < -0.39 is 0 Å². The average molecular weight is 275 g/mol. The Morgan fingerprint density at radius 1 is 1.37 bits per heavy atom. The van der Waals surface area contributed by atoms with Crippen LogP contribution in [0.5, 0.6) is 0 Å². The Balaban J connectivity index is 2.12. The van der Waals surface area contributed by atoms with Gasteiger partial charge in [-0.2, -0.15) is 10.4 Å². The monoisotopic (exact) mass is 274 g/mol. The van der Waals surface area contributed by atoms with Crippen molar-refractivity contribution in [2.45, 2.75) is 26.9 Å². The molecular weight excluding hydrogens is 260 g/mol. The number of hydrogen-bond donors (Lipinski definition) is 1. The topological polar surface area (TPSA) is 53.6 Å². The van der Waals surface area contributed by atoms with Gasteiger partial charge in [0.05, 0.1) is 34.6 Å². The van der Waals surface area contributed by atoms with E-state index in [1.54, 1.807) is 12.1 Å². The molecule has 0 aliphatic rings. The first-order valence-electron chi connectivity index (χ1n) is 6.11. The normalized spacial score (nSPS) is 10.2. The van der Waals surface area contributed by atoms with Crippen LogP contribution in [0.2, 0.25) is 5.02 Å². The lowest BCUT2D eigenvalue weighted by Gasteiger charge is -2.08. The summed E-state index contributed by atoms with van der Waals surface area (Å²) in [5, 5.41) is 17.1. The zero-order valence-corrected chi connectivity index (χ0v) is 11.7. The third kappa shape index (κ3) is 2.88. The van der Waals surface area contributed by atoms with Crippen LogP contribution in [0.25, 0.3) is 0 Å². The van der Waals surface area contributed by atoms with Crippen LogP contribution >= 0.6 is 11.6 Å². The maximum Gasteiger partial charge on any atom is 0.0991 e. The number of halogens is 1. The molecule has 0 unspecified atom stereocenters. The van der Waals surface area contributed by atoms with E-state index in [4.69, 9.17) is 16.9 Å². The van der Waals surface area contributed by atoms with Crippen molar-refractivity contribution >= 4 is 17.3 Å². The lowest BCUT2D eigenvalue weighted by molar-refractivity contribution is 0.623. The van der Waals surface area contributed by atoms with E-state index in [1.165, 1.54) is 0 Å². The molecule has 1 aromatic heterocycles. The SMILES string of the molecule is CCn1nc(C)c(Cl)c1CNc1ccc(C#N)cc1. The molecule has 1 aromatic carbocycles. The van der Waals surface area contributed by atoms with E-state index in [1.807, 2.05) is 30.7 Å². The highest BCUT2D eigenvalue weighted by molar-refractivity contribution is 6.31. The number of nitrogens with zero attached hydrogens (tertiary/aromatic N) is 3. The first kappa shape index (κ1) is 13.4. The van der Waals surface area contributed by atoms with Crippen molar-refractivity contribution in [1.29, 1.82) is 5.26 Å². The lowest BCUT2D eigenvalue weighted by atomic mass is 10.2. The van der Waals surface area contributed by atoms with Crippen molar-refractivity contribution in [3.63, 3.8) is 0 Å². The first-order chi connectivity index (χ1) is 9.15. The standard InChI is InChI=1S/C14H15ClN4/c1-3-19-13(14(15)10(2)18-19)9-17-12-6-4-11(8-16)5-7-12/h4-7,17H,3,9H2,1-2H3. The summed E-state index contributed by atoms with van der Waals surface area (Å²) in [5.41, 5.74) is 3.43. The molecule has 0 bridgehead atoms. The largest absolute Gasteiger partial charge is 0.379 e. The summed E-state index contributed by atoms with van der Waals surface area (Å²) in [5.74, 6) is 0. The molecule has 0 saturated heterocycles. The molecule has 0 radical (unpaired) electrons. The summed E-state index contributed by atoms with van der Waals surface area (Å²) in [6.45, 7) is 5.34. The number of nitrogens with one attached hydrogen (secondary N) is 1. The minimum Gasteiger partial charge on any atom is -0.379 e. The van der Waals surface area contributed by atoms with E-state index in [2.05, 4.69) is 16.5 Å². The Morgan fingerprint density at radius 2 is 2.05 bits per heavy atom. The fourth-order valence-corrected chi connectivity index (χ4v) is 2.09. The maximum atomic E-state index is 8.74. The Labute approximate surface area is 117 Å². The molecule has 0 fully saturated rings. The zero-order chi connectivity index (χ0) is 13.8. The van der Waals surface area contributed by atoms with Crippen molar-refractivity contribution in [3.8, 4) is 6.07 Å². The van der Waals surface area contributed by atoms with Crippen LogP contribution in [0, 0.1) is 18.3 Å². The number of hydrogen-bond acceptors (Lipinski definition) is 3. The average Bonchev–Trinajstić information content (AvgIpc) is 2.72. The molecule has 0 spiro atoms. The van der Waals surface area contributed by atoms with Crippen LogP contribution in [0.3, 0.4) is 0 Å². The van der Waals surface area contributed by atoms with Gasteiger partial charge in [-0.1, -0.05) is 11.6 Å². The van der Waals surface area contributed by atoms with Crippen LogP contribution in [-0.2, 0) is 13.1 Å². The second kappa shape index (κ2) is 5.77. The molecule has 1 N–H and O–H groups in total. The van der Waals surface area contributed by atoms with E-state index in [9.17, 15) is 0 Å². The number of benzene rings is 1. The molecule has 4 nitrogen and oxygen atoms in total. The molecule has 98 valence electrons. The molecule has 0 saturated carbocycles. The predicted octanol–water partition coefficient (Wildman–Crippen LogP) is 3.35. The summed E-state index contributed by atoms with van der Waals surface area (Å²) >= 11 is 6.24. The Bertz CT molecular complexity index is 608. The third-order valence-corrected chi connectivity index (χ3v) is 3.42. The molecule has 0 aliphatic carbocycles. The summed E-state index contributed by atoms with van der Waals surface area (Å²) in [6.07, 6.45) is 0. The lowest BCUT2D eigenvalue weighted by Crippen LogP contribution is -2.08. The van der Waals surface area contributed by atoms with Crippen molar-refractivity contribution in [2.24, 2.45) is 0 Å². The summed E-state index contributed by atoms with van der Waals surface area (Å²) in [7, 11) is 0. The van der Waals surface area contributed by atoms with Gasteiger partial charge in [-0.25, -0.2) is 0 Å². The Hall–Kier alpha value is -1.99. The number of rotatable bonds is 4. The van der Waals surface area contributed by atoms with Crippen molar-refractivity contribution in [2.75, 3.05) is 5.32 Å². The van der Waals surface area contributed by atoms with Gasteiger partial charge in [-0.3, -0.25) is 4.68 Å². The predicted molar refractivity (Wildman–Crippen MR) is 76.1 cm³/mol. The van der Waals surface area contributed by atoms with Gasteiger partial charge in [0.1, 0.15) is 0 Å². The van der Waals surface area contributed by atoms with E-state index in [-0.39, 0.29) is 0 Å². The molecule has 2 rings (SSSR count). The summed E-state index contributed by atoms with van der Waals surface area (Å²) < 4.78 is 1.90. The van der Waals surface area contributed by atoms with Gasteiger partial charge in [-0.15, -0.1) is 0 Å². The Morgan fingerprint density at radius 3 is 2.63 bits per heavy atom. The highest BCUT2D eigenvalue weighted by Crippen LogP contribution is 2.21. The van der Waals surface area contributed by atoms with Gasteiger partial charge in [0.25, 0.3) is 0 Å². The van der Waals surface area contributed by atoms with Gasteiger partial charge in [0.15, 0.2) is 0 Å². The van der Waals surface area contributed by atoms with Crippen LogP contribution < -0.4 is 5.32 Å². The van der Waals surface area contributed by atoms with Crippen LogP contribution in [0.15, 0.2) is 24.3 Å². The fraction of sp³-hybridized carbons (Fsp3) is 0.286. The number of anilines is 1. The van der Waals surface area contributed by atoms with Gasteiger partial charge >= 0.3 is 0 Å². The van der Waals surface area contributed by atoms with Gasteiger partial charge in [0.2, 0.25) is 0 Å². The van der Waals surface area contributed by atoms with Crippen LogP contribution in [0.1, 0.15) is 23.9 Å². The molecular formula is C14H15ClN4. The van der Waals surface area contributed by atoms with Gasteiger partial charge in [0, 0.05) is 12.2 Å². The van der Waals surface area contributed by atoms with Crippen LogP contribution in [0.4, 0.5) is 5.69 Å². The van der Waals surface area contributed by atoms with E-state index in [0.717, 1.165) is 23.6 Å². The molecule has 0 aliphatic heterocycles. The molecule has 19 heavy (non-hydrogen) atoms. The second-order valence-electron chi connectivity index (χ2n) is 4.20. The zero-order valence-electron chi connectivity index (χ0n) is 10.9. The molecule has 5 heteroatoms. The van der Waals surface area contributed by atoms with E-state index in [0.29, 0.717) is 17.1 Å². The molecule has 1 heterocycles. The molecule has 0 amide bonds. The van der Waals surface area contributed by atoms with Crippen LogP contribution in [-0.4, -0.2) is 9.78 Å². The summed E-state index contributed by atoms with van der Waals surface area (Å²) in [6, 6.07) is 9.43. The van der Waals surface area contributed by atoms with Gasteiger partial charge in [-0.05, 0) is 38.1 Å². The van der Waals surface area contributed by atoms with Crippen molar-refractivity contribution < 1.29 is 0 Å². The molecule has 2 aromatic rings. The number of nitriles is 1. The van der Waals surface area contributed by atoms with Crippen molar-refractivity contribution in [3.05, 3.63) is 46.2 Å². The smallest absolute Gasteiger partial charge is 0.0991 e. The fourth-order valence-electron chi connectivity index (χ4n) is 1.89. The maximum absolute atomic E-state index is 8.74. The second-order valence-corrected chi connectivity index (χ2v) is 4.58. The minimum atomic E-state index is 0.611. The highest BCUT2D eigenvalue weighted by Gasteiger charge is 2.11. The first-order valence-corrected chi connectivity index (χ1v) is 6.49. The number of aryl methyl sites for hydroxylation is 2. The molecule has 0 atom stereocenters. The van der Waals surface area contributed by atoms with E-state index >= 15 is 0 Å². The quantitative estimate of drug-likeness (QED) is 0.930. The minimum absolute atomic E-state index is 0.611. The van der Waals surface area contributed by atoms with Gasteiger partial charge < -0.3 is 5.32 Å². The Kier molecular flexibility index (Phi) is 4.08. The highest BCUT2D eigenvalue weighted by atomic mass is 35.5. The van der Waals surface area contributed by atoms with Crippen molar-refractivity contribution in [1.82, 2.24) is 9.78 Å².